The van der Waals surface area contributed by atoms with Crippen molar-refractivity contribution in [3.8, 4) is 0 Å². The molecule has 4 aliphatic heterocycles. The first-order valence-electron chi connectivity index (χ1n) is 30.4. The summed E-state index contributed by atoms with van der Waals surface area (Å²) in [7, 11) is 6.26. The molecule has 27 atom stereocenters. The van der Waals surface area contributed by atoms with Crippen molar-refractivity contribution in [1.82, 2.24) is 0 Å². The van der Waals surface area contributed by atoms with Crippen LogP contribution in [-0.2, 0) is 66.3 Å². The largest absolute Gasteiger partial charge is 0.458 e. The van der Waals surface area contributed by atoms with Gasteiger partial charge in [0.15, 0.2) is 25.2 Å². The summed E-state index contributed by atoms with van der Waals surface area (Å²) >= 11 is 0. The third-order valence-electron chi connectivity index (χ3n) is 21.5. The van der Waals surface area contributed by atoms with E-state index in [2.05, 4.69) is 6.92 Å². The smallest absolute Gasteiger partial charge is 0.338 e. The predicted molar refractivity (Wildman–Crippen MR) is 298 cm³/mol. The molecule has 0 bridgehead atoms. The van der Waals surface area contributed by atoms with E-state index in [1.807, 2.05) is 20.8 Å². The van der Waals surface area contributed by atoms with Crippen LogP contribution in [-0.4, -0.2) is 206 Å². The zero-order chi connectivity index (χ0) is 60.3. The monoisotopic (exact) mass is 1180 g/mol. The highest BCUT2D eigenvalue weighted by Gasteiger charge is 2.82. The number of fused-ring (bicyclic) bond motifs is 5. The molecule has 4 saturated heterocycles. The number of esters is 2. The Kier molecular flexibility index (Phi) is 19.2. The molecule has 21 nitrogen and oxygen atoms in total. The second-order valence-electron chi connectivity index (χ2n) is 25.7. The fourth-order valence-electron chi connectivity index (χ4n) is 16.5. The summed E-state index contributed by atoms with van der Waals surface area (Å²) < 4.78 is 87.6. The van der Waals surface area contributed by atoms with Gasteiger partial charge in [-0.3, -0.25) is 0 Å². The Labute approximate surface area is 493 Å². The Hall–Kier alpha value is -3.30. The molecule has 4 saturated carbocycles. The lowest BCUT2D eigenvalue weighted by atomic mass is 9.40. The van der Waals surface area contributed by atoms with Crippen LogP contribution in [0.2, 0.25) is 0 Å². The molecule has 5 N–H and O–H groups in total. The van der Waals surface area contributed by atoms with Crippen LogP contribution in [0, 0.1) is 22.7 Å². The number of aliphatic hydroxyl groups excluding tert-OH is 2. The van der Waals surface area contributed by atoms with Crippen molar-refractivity contribution in [2.45, 2.75) is 259 Å². The Bertz CT molecular complexity index is 2530. The summed E-state index contributed by atoms with van der Waals surface area (Å²) in [5.74, 6) is -1.75. The molecule has 8 aliphatic rings. The van der Waals surface area contributed by atoms with Crippen LogP contribution in [0.3, 0.4) is 0 Å². The van der Waals surface area contributed by atoms with Crippen LogP contribution < -0.4 is 0 Å². The Morgan fingerprint density at radius 3 is 1.60 bits per heavy atom. The number of ether oxygens (including phenoxy) is 14. The summed E-state index contributed by atoms with van der Waals surface area (Å²) in [6.07, 6.45) is -10.1. The van der Waals surface area contributed by atoms with Crippen LogP contribution in [0.25, 0.3) is 0 Å². The third kappa shape index (κ3) is 11.3. The fourth-order valence-corrected chi connectivity index (χ4v) is 16.5. The molecule has 27 unspecified atom stereocenters. The maximum atomic E-state index is 14.1. The van der Waals surface area contributed by atoms with Crippen molar-refractivity contribution in [3.05, 3.63) is 71.8 Å². The molecule has 84 heavy (non-hydrogen) atoms. The minimum absolute atomic E-state index is 0.0129. The zero-order valence-corrected chi connectivity index (χ0v) is 50.5. The van der Waals surface area contributed by atoms with E-state index in [1.165, 1.54) is 7.11 Å². The molecular weight excluding hydrogens is 1090 g/mol. The number of methoxy groups -OCH3 is 4. The van der Waals surface area contributed by atoms with Gasteiger partial charge in [0, 0.05) is 47.7 Å². The average Bonchev–Trinajstić information content (AvgIpc) is 1.84. The molecular formula is C63H92O21. The maximum Gasteiger partial charge on any atom is 0.338 e. The Balaban J connectivity index is 0.764. The van der Waals surface area contributed by atoms with Crippen molar-refractivity contribution >= 4 is 11.9 Å². The molecule has 8 fully saturated rings. The first kappa shape index (κ1) is 63.7. The molecule has 2 aromatic rings. The summed E-state index contributed by atoms with van der Waals surface area (Å²) in [4.78, 5) is 27.6. The Morgan fingerprint density at radius 2 is 1.07 bits per heavy atom. The number of hydrogen-bond acceptors (Lipinski definition) is 21. The van der Waals surface area contributed by atoms with Gasteiger partial charge in [0.25, 0.3) is 0 Å². The van der Waals surface area contributed by atoms with Gasteiger partial charge in [-0.25, -0.2) is 9.59 Å². The average molecular weight is 1190 g/mol. The number of carbonyl (C=O) groups excluding carboxylic acids is 2. The van der Waals surface area contributed by atoms with Gasteiger partial charge in [0.2, 0.25) is 0 Å². The van der Waals surface area contributed by atoms with Gasteiger partial charge in [0.05, 0.1) is 71.0 Å². The zero-order valence-electron chi connectivity index (χ0n) is 50.5. The number of carbonyl (C=O) groups is 2. The summed E-state index contributed by atoms with van der Waals surface area (Å²) in [5.41, 5.74) is -7.15. The quantitative estimate of drug-likeness (QED) is 0.0961. The van der Waals surface area contributed by atoms with Gasteiger partial charge in [-0.2, -0.15) is 0 Å². The first-order chi connectivity index (χ1) is 40.0. The Morgan fingerprint density at radius 1 is 0.560 bits per heavy atom. The minimum atomic E-state index is -1.95. The molecule has 4 aliphatic carbocycles. The van der Waals surface area contributed by atoms with Crippen LogP contribution in [0.15, 0.2) is 60.7 Å². The normalized spacial score (nSPS) is 47.1. The van der Waals surface area contributed by atoms with Gasteiger partial charge in [-0.15, -0.1) is 0 Å². The van der Waals surface area contributed by atoms with E-state index in [4.69, 9.17) is 66.3 Å². The highest BCUT2D eigenvalue weighted by molar-refractivity contribution is 5.90. The molecule has 10 rings (SSSR count). The lowest BCUT2D eigenvalue weighted by Gasteiger charge is -2.69. The van der Waals surface area contributed by atoms with Crippen LogP contribution >= 0.6 is 0 Å². The van der Waals surface area contributed by atoms with Crippen molar-refractivity contribution in [1.29, 1.82) is 0 Å². The van der Waals surface area contributed by atoms with E-state index in [9.17, 15) is 35.1 Å². The summed E-state index contributed by atoms with van der Waals surface area (Å²) in [6, 6.07) is 17.1. The van der Waals surface area contributed by atoms with Gasteiger partial charge < -0.3 is 91.8 Å². The molecule has 470 valence electrons. The highest BCUT2D eigenvalue weighted by Crippen LogP contribution is 2.72. The highest BCUT2D eigenvalue weighted by atomic mass is 16.8. The van der Waals surface area contributed by atoms with E-state index in [0.29, 0.717) is 56.1 Å². The molecule has 0 radical (unpaired) electrons. The standard InChI is InChI=1S/C63H92O21/c1-33-50(64)55(74-11)51(65)58(78-33)84-54-36(4)77-49(31-44(54)73-10)83-53-35(3)76-48(30-43(53)72-9)82-52-34(2)75-47(29-42(52)71-8)80-41-23-24-59(6)40(28-41)22-25-62(69)45(59)32-46(81-57(67)39-20-16-13-17-21-39)60(7)61(68,26-27-63(60,62)70)37(5)79-56(66)38-18-14-12-15-19-38/h12-21,33-37,40-55,58,64-65,68-70H,22-32H2,1-11H3. The second-order valence-corrected chi connectivity index (χ2v) is 25.7. The van der Waals surface area contributed by atoms with Crippen LogP contribution in [0.5, 0.6) is 0 Å². The molecule has 0 amide bonds. The van der Waals surface area contributed by atoms with Crippen LogP contribution in [0.4, 0.5) is 0 Å². The number of benzene rings is 2. The summed E-state index contributed by atoms with van der Waals surface area (Å²) in [5, 5.41) is 61.3. The van der Waals surface area contributed by atoms with E-state index in [-0.39, 0.29) is 37.7 Å². The summed E-state index contributed by atoms with van der Waals surface area (Å²) in [6.45, 7) is 12.8. The number of aliphatic hydroxyl groups is 5. The van der Waals surface area contributed by atoms with E-state index >= 15 is 0 Å². The number of hydrogen-bond donors (Lipinski definition) is 5. The molecule has 4 heterocycles. The number of rotatable bonds is 17. The molecule has 2 aromatic carbocycles. The lowest BCUT2D eigenvalue weighted by molar-refractivity contribution is -0.356. The van der Waals surface area contributed by atoms with E-state index < -0.39 is 162 Å². The topological polar surface area (TPSA) is 265 Å². The van der Waals surface area contributed by atoms with Crippen molar-refractivity contribution in [3.63, 3.8) is 0 Å². The van der Waals surface area contributed by atoms with E-state index in [0.717, 1.165) is 0 Å². The van der Waals surface area contributed by atoms with Gasteiger partial charge in [-0.05, 0) is 128 Å². The molecule has 21 heteroatoms. The van der Waals surface area contributed by atoms with Crippen molar-refractivity contribution in [2.75, 3.05) is 28.4 Å². The van der Waals surface area contributed by atoms with Crippen molar-refractivity contribution < 1.29 is 101 Å². The van der Waals surface area contributed by atoms with Gasteiger partial charge in [0.1, 0.15) is 60.0 Å². The fraction of sp³-hybridized carbons (Fsp3) is 0.778. The van der Waals surface area contributed by atoms with Gasteiger partial charge in [-0.1, -0.05) is 50.2 Å². The minimum Gasteiger partial charge on any atom is -0.458 e. The van der Waals surface area contributed by atoms with E-state index in [1.54, 1.807) is 103 Å². The predicted octanol–water partition coefficient (Wildman–Crippen LogP) is 5.54. The maximum absolute atomic E-state index is 14.1. The van der Waals surface area contributed by atoms with Crippen LogP contribution in [0.1, 0.15) is 140 Å². The lowest BCUT2D eigenvalue weighted by Crippen LogP contribution is -2.79. The second kappa shape index (κ2) is 25.3. The molecule has 0 spiro atoms. The first-order valence-corrected chi connectivity index (χ1v) is 30.4. The van der Waals surface area contributed by atoms with Crippen molar-refractivity contribution in [2.24, 2.45) is 22.7 Å². The van der Waals surface area contributed by atoms with Gasteiger partial charge >= 0.3 is 11.9 Å². The molecule has 0 aromatic heterocycles. The third-order valence-corrected chi connectivity index (χ3v) is 21.5. The SMILES string of the molecule is COC1CC(OC2CCC3(C)C(CCC4(O)C3CC(OC(=O)c3ccccc3)C3(C)C(O)(C(C)OC(=O)c5ccccc5)CCC43O)C2)OC(C)C1OC1CC(OC)C(OC2CC(OC)C(OC3OC(C)C(O)C(OC)C3O)C(C)O2)C(C)O1.